The Labute approximate surface area is 114 Å². The monoisotopic (exact) mass is 263 g/mol. The SMILES string of the molecule is CN(Cc1cccc(F)c1O)CC1CC2CCC1C2. The number of para-hydroxylation sites is 1. The molecule has 2 aliphatic carbocycles. The molecule has 0 aliphatic heterocycles. The molecule has 2 aliphatic rings. The number of hydrogen-bond acceptors (Lipinski definition) is 2. The maximum atomic E-state index is 13.3. The van der Waals surface area contributed by atoms with E-state index in [2.05, 4.69) is 11.9 Å². The average molecular weight is 263 g/mol. The minimum absolute atomic E-state index is 0.192. The van der Waals surface area contributed by atoms with Crippen LogP contribution in [0.15, 0.2) is 18.2 Å². The van der Waals surface area contributed by atoms with Gasteiger partial charge in [-0.05, 0) is 50.1 Å². The Morgan fingerprint density at radius 1 is 1.32 bits per heavy atom. The topological polar surface area (TPSA) is 23.5 Å². The van der Waals surface area contributed by atoms with Crippen LogP contribution in [0.5, 0.6) is 5.75 Å². The third kappa shape index (κ3) is 2.62. The average Bonchev–Trinajstić information content (AvgIpc) is 2.97. The smallest absolute Gasteiger partial charge is 0.165 e. The van der Waals surface area contributed by atoms with Crippen molar-refractivity contribution in [3.8, 4) is 5.75 Å². The molecule has 1 aromatic rings. The van der Waals surface area contributed by atoms with E-state index in [9.17, 15) is 9.50 Å². The van der Waals surface area contributed by atoms with E-state index in [0.717, 1.165) is 24.3 Å². The first-order valence-corrected chi connectivity index (χ1v) is 7.28. The number of rotatable bonds is 4. The highest BCUT2D eigenvalue weighted by atomic mass is 19.1. The van der Waals surface area contributed by atoms with E-state index < -0.39 is 5.82 Å². The summed E-state index contributed by atoms with van der Waals surface area (Å²) in [6, 6.07) is 4.76. The quantitative estimate of drug-likeness (QED) is 0.900. The van der Waals surface area contributed by atoms with Crippen LogP contribution in [0, 0.1) is 23.6 Å². The molecular weight excluding hydrogens is 241 g/mol. The zero-order valence-corrected chi connectivity index (χ0v) is 11.5. The van der Waals surface area contributed by atoms with E-state index in [4.69, 9.17) is 0 Å². The van der Waals surface area contributed by atoms with Gasteiger partial charge in [0.15, 0.2) is 11.6 Å². The molecule has 2 saturated carbocycles. The summed E-state index contributed by atoms with van der Waals surface area (Å²) >= 11 is 0. The van der Waals surface area contributed by atoms with Gasteiger partial charge in [0, 0.05) is 18.7 Å². The van der Waals surface area contributed by atoms with Crippen LogP contribution in [0.2, 0.25) is 0 Å². The van der Waals surface area contributed by atoms with Gasteiger partial charge in [0.2, 0.25) is 0 Å². The normalized spacial score (nSPS) is 29.3. The van der Waals surface area contributed by atoms with Crippen molar-refractivity contribution in [1.29, 1.82) is 0 Å². The molecule has 0 aromatic heterocycles. The Morgan fingerprint density at radius 2 is 2.16 bits per heavy atom. The molecule has 0 saturated heterocycles. The first kappa shape index (κ1) is 12.9. The number of nitrogens with zero attached hydrogens (tertiary/aromatic N) is 1. The molecule has 2 fully saturated rings. The van der Waals surface area contributed by atoms with Gasteiger partial charge in [0.25, 0.3) is 0 Å². The van der Waals surface area contributed by atoms with Crippen molar-refractivity contribution in [2.24, 2.45) is 17.8 Å². The van der Waals surface area contributed by atoms with Crippen LogP contribution in [-0.4, -0.2) is 23.6 Å². The summed E-state index contributed by atoms with van der Waals surface area (Å²) in [6.07, 6.45) is 5.61. The molecule has 0 radical (unpaired) electrons. The second kappa shape index (κ2) is 5.12. The summed E-state index contributed by atoms with van der Waals surface area (Å²) in [6.45, 7) is 1.69. The van der Waals surface area contributed by atoms with Crippen molar-refractivity contribution in [1.82, 2.24) is 4.90 Å². The molecular formula is C16H22FNO. The van der Waals surface area contributed by atoms with Crippen molar-refractivity contribution in [2.45, 2.75) is 32.2 Å². The highest BCUT2D eigenvalue weighted by Crippen LogP contribution is 2.48. The van der Waals surface area contributed by atoms with Crippen molar-refractivity contribution < 1.29 is 9.50 Å². The van der Waals surface area contributed by atoms with Gasteiger partial charge < -0.3 is 10.0 Å². The van der Waals surface area contributed by atoms with E-state index in [1.165, 1.54) is 31.7 Å². The fourth-order valence-corrected chi connectivity index (χ4v) is 4.04. The van der Waals surface area contributed by atoms with Crippen LogP contribution >= 0.6 is 0 Å². The van der Waals surface area contributed by atoms with Crippen LogP contribution in [-0.2, 0) is 6.54 Å². The summed E-state index contributed by atoms with van der Waals surface area (Å²) in [7, 11) is 2.07. The van der Waals surface area contributed by atoms with Crippen LogP contribution in [0.3, 0.4) is 0 Å². The molecule has 0 heterocycles. The van der Waals surface area contributed by atoms with Gasteiger partial charge in [-0.1, -0.05) is 18.6 Å². The second-order valence-electron chi connectivity index (χ2n) is 6.38. The number of halogens is 1. The van der Waals surface area contributed by atoms with E-state index in [-0.39, 0.29) is 5.75 Å². The molecule has 104 valence electrons. The number of aromatic hydroxyl groups is 1. The lowest BCUT2D eigenvalue weighted by atomic mass is 9.88. The Morgan fingerprint density at radius 3 is 2.84 bits per heavy atom. The predicted octanol–water partition coefficient (Wildman–Crippen LogP) is 3.40. The molecule has 3 atom stereocenters. The molecule has 19 heavy (non-hydrogen) atoms. The van der Waals surface area contributed by atoms with Crippen molar-refractivity contribution in [2.75, 3.05) is 13.6 Å². The summed E-state index contributed by atoms with van der Waals surface area (Å²) in [5, 5.41) is 9.71. The highest BCUT2D eigenvalue weighted by Gasteiger charge is 2.39. The summed E-state index contributed by atoms with van der Waals surface area (Å²) in [5.74, 6) is 1.96. The fraction of sp³-hybridized carbons (Fsp3) is 0.625. The molecule has 1 N–H and O–H groups in total. The van der Waals surface area contributed by atoms with Gasteiger partial charge in [0.05, 0.1) is 0 Å². The maximum absolute atomic E-state index is 13.3. The second-order valence-corrected chi connectivity index (χ2v) is 6.38. The van der Waals surface area contributed by atoms with Crippen LogP contribution in [0.1, 0.15) is 31.2 Å². The molecule has 0 spiro atoms. The molecule has 3 heteroatoms. The number of phenols is 1. The van der Waals surface area contributed by atoms with Gasteiger partial charge in [-0.3, -0.25) is 0 Å². The number of phenolic OH excluding ortho intramolecular Hbond substituents is 1. The number of fused-ring (bicyclic) bond motifs is 2. The van der Waals surface area contributed by atoms with E-state index in [1.807, 2.05) is 0 Å². The van der Waals surface area contributed by atoms with Gasteiger partial charge in [-0.15, -0.1) is 0 Å². The van der Waals surface area contributed by atoms with Gasteiger partial charge >= 0.3 is 0 Å². The van der Waals surface area contributed by atoms with E-state index in [0.29, 0.717) is 12.1 Å². The number of benzene rings is 1. The van der Waals surface area contributed by atoms with Crippen LogP contribution in [0.4, 0.5) is 4.39 Å². The molecule has 2 nitrogen and oxygen atoms in total. The zero-order valence-electron chi connectivity index (χ0n) is 11.5. The lowest BCUT2D eigenvalue weighted by molar-refractivity contribution is 0.212. The highest BCUT2D eigenvalue weighted by molar-refractivity contribution is 5.33. The third-order valence-corrected chi connectivity index (χ3v) is 4.94. The molecule has 2 bridgehead atoms. The van der Waals surface area contributed by atoms with Crippen LogP contribution < -0.4 is 0 Å². The zero-order chi connectivity index (χ0) is 13.4. The van der Waals surface area contributed by atoms with E-state index in [1.54, 1.807) is 12.1 Å². The fourth-order valence-electron chi connectivity index (χ4n) is 4.04. The van der Waals surface area contributed by atoms with Crippen LogP contribution in [0.25, 0.3) is 0 Å². The first-order valence-electron chi connectivity index (χ1n) is 7.28. The lowest BCUT2D eigenvalue weighted by Crippen LogP contribution is -2.28. The Kier molecular flexibility index (Phi) is 3.48. The maximum Gasteiger partial charge on any atom is 0.165 e. The number of hydrogen-bond donors (Lipinski definition) is 1. The molecule has 1 aromatic carbocycles. The predicted molar refractivity (Wildman–Crippen MR) is 73.3 cm³/mol. The summed E-state index contributed by atoms with van der Waals surface area (Å²) < 4.78 is 13.3. The van der Waals surface area contributed by atoms with Gasteiger partial charge in [-0.2, -0.15) is 0 Å². The first-order chi connectivity index (χ1) is 9.13. The summed E-state index contributed by atoms with van der Waals surface area (Å²) in [5.41, 5.74) is 0.686. The Hall–Kier alpha value is -1.09. The van der Waals surface area contributed by atoms with Crippen molar-refractivity contribution in [3.63, 3.8) is 0 Å². The van der Waals surface area contributed by atoms with E-state index >= 15 is 0 Å². The Balaban J connectivity index is 1.59. The summed E-state index contributed by atoms with van der Waals surface area (Å²) in [4.78, 5) is 2.22. The minimum atomic E-state index is -0.522. The largest absolute Gasteiger partial charge is 0.505 e. The van der Waals surface area contributed by atoms with Crippen molar-refractivity contribution in [3.05, 3.63) is 29.6 Å². The Bertz CT molecular complexity index is 462. The standard InChI is InChI=1S/C16H22FNO/c1-18(9-13-3-2-4-15(17)16(13)19)10-14-8-11-5-6-12(14)7-11/h2-4,11-12,14,19H,5-10H2,1H3. The molecule has 0 amide bonds. The lowest BCUT2D eigenvalue weighted by Gasteiger charge is -2.27. The third-order valence-electron chi connectivity index (χ3n) is 4.94. The van der Waals surface area contributed by atoms with Crippen molar-refractivity contribution >= 4 is 0 Å². The molecule has 3 rings (SSSR count). The van der Waals surface area contributed by atoms with Gasteiger partial charge in [-0.25, -0.2) is 4.39 Å². The molecule has 3 unspecified atom stereocenters. The minimum Gasteiger partial charge on any atom is -0.505 e. The van der Waals surface area contributed by atoms with Gasteiger partial charge in [0.1, 0.15) is 0 Å².